The zero-order chi connectivity index (χ0) is 60.3. The van der Waals surface area contributed by atoms with Gasteiger partial charge in [-0.3, -0.25) is 14.4 Å². The van der Waals surface area contributed by atoms with Gasteiger partial charge in [0, 0.05) is 57.5 Å². The topological polar surface area (TPSA) is 173 Å². The van der Waals surface area contributed by atoms with Crippen molar-refractivity contribution in [1.29, 1.82) is 0 Å². The average molecular weight is 1190 g/mol. The van der Waals surface area contributed by atoms with Gasteiger partial charge in [0.2, 0.25) is 17.7 Å². The van der Waals surface area contributed by atoms with E-state index in [4.69, 9.17) is 19.3 Å². The van der Waals surface area contributed by atoms with E-state index in [9.17, 15) is 29.1 Å². The molecule has 3 fully saturated rings. The van der Waals surface area contributed by atoms with Gasteiger partial charge in [-0.25, -0.2) is 9.59 Å². The lowest BCUT2D eigenvalue weighted by Crippen LogP contribution is -2.39. The molecule has 3 aliphatic heterocycles. The summed E-state index contributed by atoms with van der Waals surface area (Å²) in [5, 5.41) is 18.8. The summed E-state index contributed by atoms with van der Waals surface area (Å²) in [6, 6.07) is 52.0. The highest BCUT2D eigenvalue weighted by molar-refractivity contribution is 5.81. The van der Waals surface area contributed by atoms with Crippen LogP contribution in [-0.4, -0.2) is 169 Å². The van der Waals surface area contributed by atoms with Crippen molar-refractivity contribution in [3.05, 3.63) is 197 Å². The van der Waals surface area contributed by atoms with Crippen LogP contribution >= 0.6 is 0 Å². The van der Waals surface area contributed by atoms with E-state index in [0.29, 0.717) is 29.2 Å². The lowest BCUT2D eigenvalue weighted by molar-refractivity contribution is -0.145. The summed E-state index contributed by atoms with van der Waals surface area (Å²) in [5.74, 6) is -0.298. The van der Waals surface area contributed by atoms with E-state index < -0.39 is 18.5 Å². The van der Waals surface area contributed by atoms with Gasteiger partial charge in [0.15, 0.2) is 13.2 Å². The molecule has 2 N–H and O–H groups in total. The van der Waals surface area contributed by atoms with Crippen LogP contribution < -0.4 is 9.47 Å². The van der Waals surface area contributed by atoms with Gasteiger partial charge in [-0.1, -0.05) is 160 Å². The number of benzene rings is 6. The van der Waals surface area contributed by atoms with E-state index in [2.05, 4.69) is 51.1 Å². The summed E-state index contributed by atoms with van der Waals surface area (Å²) < 4.78 is 15.9. The van der Waals surface area contributed by atoms with Crippen LogP contribution in [0.1, 0.15) is 112 Å². The van der Waals surface area contributed by atoms with Crippen molar-refractivity contribution >= 4 is 29.7 Å². The standard InChI is InChI=1S/C25H32N2O4.C23H28N2O4.C21H26N2O2.2CH4/c1-3-30-25(29)19-31-23-14-8-7-13-21(23)17-24(28)26(2)22(18-27-15-9-10-16-27)20-11-5-4-6-12-20;1-24(20(16-25-13-7-8-14-25)18-9-3-2-4-10-18)22(26)15-19-11-5-6-12-21(19)29-17-23(27)28;1-22(21(25)15-18-11-5-6-12-20(18)24)19(16-23-13-7-8-14-23)17-9-3-2-4-10-17;;/h4-8,11-14,22H,3,9-10,15-19H2,1-2H3;2-6,9-12,20H,7-8,13-17H2,1H3,(H,27,28);2-6,9-12,19,24H,7-8,13-16H2,1H3;2*1H4/t22-;20-;19-;;/m111../s1. The molecule has 87 heavy (non-hydrogen) atoms. The molecule has 468 valence electrons. The normalized spacial score (nSPS) is 14.9. The van der Waals surface area contributed by atoms with Gasteiger partial charge in [0.05, 0.1) is 44.0 Å². The second kappa shape index (κ2) is 36.8. The summed E-state index contributed by atoms with van der Waals surface area (Å²) >= 11 is 0. The van der Waals surface area contributed by atoms with Gasteiger partial charge in [-0.05, 0) is 120 Å². The Labute approximate surface area is 517 Å². The molecule has 0 aliphatic carbocycles. The summed E-state index contributed by atoms with van der Waals surface area (Å²) in [5.41, 5.74) is 5.54. The Morgan fingerprint density at radius 3 is 1.07 bits per heavy atom. The number of hydrogen-bond donors (Lipinski definition) is 2. The summed E-state index contributed by atoms with van der Waals surface area (Å²) in [4.78, 5) is 74.4. The molecule has 0 radical (unpaired) electrons. The third-order valence-electron chi connectivity index (χ3n) is 16.0. The Morgan fingerprint density at radius 1 is 0.437 bits per heavy atom. The number of rotatable bonds is 25. The smallest absolute Gasteiger partial charge is 0.344 e. The molecule has 3 amide bonds. The molecular weight excluding hydrogens is 1100 g/mol. The van der Waals surface area contributed by atoms with Gasteiger partial charge in [0.25, 0.3) is 0 Å². The Kier molecular flexibility index (Phi) is 29.5. The number of likely N-dealkylation sites (tertiary alicyclic amines) is 3. The summed E-state index contributed by atoms with van der Waals surface area (Å²) in [7, 11) is 5.59. The molecule has 0 unspecified atom stereocenters. The largest absolute Gasteiger partial charge is 0.508 e. The SMILES string of the molecule is C.C.CCOC(=O)COc1ccccc1CC(=O)N(C)[C@H](CN1CCCC1)c1ccccc1.CN(C(=O)Cc1ccccc1O)[C@H](CN1CCCC1)c1ccccc1.CN(C(=O)Cc1ccccc1OCC(=O)O)[C@H](CN1CCCC1)c1ccccc1. The maximum absolute atomic E-state index is 13.3. The number of amides is 3. The number of nitrogens with zero attached hydrogens (tertiary/aromatic N) is 6. The molecule has 16 nitrogen and oxygen atoms in total. The van der Waals surface area contributed by atoms with Crippen LogP contribution in [0.25, 0.3) is 0 Å². The van der Waals surface area contributed by atoms with Gasteiger partial charge in [-0.15, -0.1) is 0 Å². The van der Waals surface area contributed by atoms with Crippen LogP contribution in [-0.2, 0) is 48.0 Å². The number of para-hydroxylation sites is 3. The molecule has 3 atom stereocenters. The molecule has 3 heterocycles. The van der Waals surface area contributed by atoms with Gasteiger partial charge >= 0.3 is 11.9 Å². The van der Waals surface area contributed by atoms with Crippen LogP contribution in [0.2, 0.25) is 0 Å². The number of aliphatic carboxylic acids is 1. The molecular formula is C71H94N6O10. The Morgan fingerprint density at radius 2 is 0.736 bits per heavy atom. The van der Waals surface area contributed by atoms with Crippen molar-refractivity contribution in [3.8, 4) is 17.2 Å². The fourth-order valence-corrected chi connectivity index (χ4v) is 11.1. The predicted molar refractivity (Wildman–Crippen MR) is 344 cm³/mol. The van der Waals surface area contributed by atoms with Crippen LogP contribution in [0.5, 0.6) is 17.2 Å². The number of carbonyl (C=O) groups excluding carboxylic acids is 4. The number of esters is 1. The first-order valence-corrected chi connectivity index (χ1v) is 29.9. The summed E-state index contributed by atoms with van der Waals surface area (Å²) in [6.07, 6.45) is 7.88. The lowest BCUT2D eigenvalue weighted by Gasteiger charge is -2.32. The van der Waals surface area contributed by atoms with Gasteiger partial charge in [-0.2, -0.15) is 0 Å². The number of likely N-dealkylation sites (N-methyl/N-ethyl adjacent to an activating group) is 3. The molecule has 6 aromatic rings. The quantitative estimate of drug-likeness (QED) is 0.0519. The minimum absolute atomic E-state index is 0. The van der Waals surface area contributed by atoms with Crippen LogP contribution in [0.3, 0.4) is 0 Å². The molecule has 16 heteroatoms. The van der Waals surface area contributed by atoms with E-state index in [0.717, 1.165) is 81.2 Å². The molecule has 0 bridgehead atoms. The van der Waals surface area contributed by atoms with Crippen molar-refractivity contribution < 1.29 is 48.4 Å². The second-order valence-corrected chi connectivity index (χ2v) is 22.0. The minimum Gasteiger partial charge on any atom is -0.508 e. The zero-order valence-corrected chi connectivity index (χ0v) is 50.0. The first kappa shape index (κ1) is 69.7. The Bertz CT molecular complexity index is 3010. The Balaban J connectivity index is 0.000000236. The predicted octanol–water partition coefficient (Wildman–Crippen LogP) is 11.0. The van der Waals surface area contributed by atoms with Crippen molar-refractivity contribution in [3.63, 3.8) is 0 Å². The average Bonchev–Trinajstić information content (AvgIpc) is 4.43. The van der Waals surface area contributed by atoms with E-state index in [1.165, 1.54) is 38.5 Å². The van der Waals surface area contributed by atoms with E-state index >= 15 is 0 Å². The third kappa shape index (κ3) is 22.0. The maximum atomic E-state index is 13.3. The first-order chi connectivity index (χ1) is 41.3. The molecule has 3 saturated heterocycles. The van der Waals surface area contributed by atoms with Crippen LogP contribution in [0.4, 0.5) is 0 Å². The second-order valence-electron chi connectivity index (χ2n) is 22.0. The van der Waals surface area contributed by atoms with Crippen molar-refractivity contribution in [1.82, 2.24) is 29.4 Å². The zero-order valence-electron chi connectivity index (χ0n) is 50.0. The number of phenols is 1. The number of hydrogen-bond acceptors (Lipinski definition) is 12. The van der Waals surface area contributed by atoms with Crippen molar-refractivity contribution in [2.75, 3.05) is 99.9 Å². The molecule has 0 aromatic heterocycles. The van der Waals surface area contributed by atoms with Gasteiger partial charge in [0.1, 0.15) is 17.2 Å². The van der Waals surface area contributed by atoms with Crippen molar-refractivity contribution in [2.45, 2.75) is 97.7 Å². The van der Waals surface area contributed by atoms with Gasteiger partial charge < -0.3 is 53.8 Å². The Hall–Kier alpha value is -8.05. The third-order valence-corrected chi connectivity index (χ3v) is 16.0. The monoisotopic (exact) mass is 1190 g/mol. The van der Waals surface area contributed by atoms with Crippen molar-refractivity contribution in [2.24, 2.45) is 0 Å². The molecule has 0 saturated carbocycles. The van der Waals surface area contributed by atoms with E-state index in [-0.39, 0.29) is 82.3 Å². The number of phenolic OH excluding ortho intramolecular Hbond substituents is 1. The minimum atomic E-state index is -1.04. The number of ether oxygens (including phenoxy) is 3. The molecule has 3 aliphatic rings. The van der Waals surface area contributed by atoms with E-state index in [1.54, 1.807) is 49.4 Å². The number of carbonyl (C=O) groups is 5. The number of carboxylic acid groups (broad SMARTS) is 1. The lowest BCUT2D eigenvalue weighted by atomic mass is 10.0. The molecule has 0 spiro atoms. The fourth-order valence-electron chi connectivity index (χ4n) is 11.1. The highest BCUT2D eigenvalue weighted by atomic mass is 16.6. The van der Waals surface area contributed by atoms with E-state index in [1.807, 2.05) is 121 Å². The fraction of sp³-hybridized carbons (Fsp3) is 0.423. The summed E-state index contributed by atoms with van der Waals surface area (Å²) in [6.45, 7) is 10.5. The molecule has 9 rings (SSSR count). The maximum Gasteiger partial charge on any atom is 0.344 e. The van der Waals surface area contributed by atoms with Crippen LogP contribution in [0, 0.1) is 0 Å². The van der Waals surface area contributed by atoms with Crippen LogP contribution in [0.15, 0.2) is 164 Å². The first-order valence-electron chi connectivity index (χ1n) is 29.9. The highest BCUT2D eigenvalue weighted by Crippen LogP contribution is 2.29. The molecule has 6 aromatic carbocycles. The number of carboxylic acids is 1. The highest BCUT2D eigenvalue weighted by Gasteiger charge is 2.29. The number of aromatic hydroxyl groups is 1.